The number of hydrogen-bond donors (Lipinski definition) is 3. The number of H-pyrrole nitrogens is 1. The van der Waals surface area contributed by atoms with E-state index < -0.39 is 10.5 Å². The van der Waals surface area contributed by atoms with Crippen molar-refractivity contribution in [2.24, 2.45) is 0 Å². The Morgan fingerprint density at radius 1 is 1.29 bits per heavy atom. The Balaban J connectivity index is 2.67. The number of anilines is 1. The third kappa shape index (κ3) is 2.98. The molecule has 0 radical (unpaired) electrons. The Morgan fingerprint density at radius 3 is 2.52 bits per heavy atom. The van der Waals surface area contributed by atoms with E-state index in [1.807, 2.05) is 0 Å². The van der Waals surface area contributed by atoms with E-state index in [1.54, 1.807) is 0 Å². The predicted molar refractivity (Wildman–Crippen MR) is 75.4 cm³/mol. The van der Waals surface area contributed by atoms with Crippen LogP contribution >= 0.6 is 0 Å². The topological polar surface area (TPSA) is 133 Å². The average Bonchev–Trinajstić information content (AvgIpc) is 2.46. The van der Waals surface area contributed by atoms with Gasteiger partial charge in [-0.25, -0.2) is 4.98 Å². The van der Waals surface area contributed by atoms with Crippen LogP contribution in [-0.4, -0.2) is 51.4 Å². The van der Waals surface area contributed by atoms with Crippen molar-refractivity contribution in [3.63, 3.8) is 0 Å². The number of fused-ring (bicyclic) bond motifs is 1. The third-order valence-corrected chi connectivity index (χ3v) is 3.01. The zero-order valence-corrected chi connectivity index (χ0v) is 11.0. The van der Waals surface area contributed by atoms with E-state index in [0.29, 0.717) is 5.52 Å². The van der Waals surface area contributed by atoms with E-state index in [-0.39, 0.29) is 43.1 Å². The molecule has 0 fully saturated rings. The van der Waals surface area contributed by atoms with E-state index in [9.17, 15) is 14.9 Å². The standard InChI is InChI=1S/C12H14N4O5/c17-3-1-15(2-4-18)10-6-9-8(5-11(10)16(20)21)12(19)14-7-13-9/h5-7,17-18H,1-4H2,(H,13,14,19). The summed E-state index contributed by atoms with van der Waals surface area (Å²) in [6.45, 7) is -0.206. The minimum Gasteiger partial charge on any atom is -0.395 e. The van der Waals surface area contributed by atoms with Crippen LogP contribution in [0.25, 0.3) is 10.9 Å². The smallest absolute Gasteiger partial charge is 0.293 e. The molecule has 9 heteroatoms. The number of nitro benzene ring substituents is 1. The van der Waals surface area contributed by atoms with Crippen molar-refractivity contribution in [3.05, 3.63) is 38.9 Å². The number of nitrogens with one attached hydrogen (secondary N) is 1. The summed E-state index contributed by atoms with van der Waals surface area (Å²) < 4.78 is 0. The highest BCUT2D eigenvalue weighted by Gasteiger charge is 2.21. The fourth-order valence-electron chi connectivity index (χ4n) is 2.09. The fraction of sp³-hybridized carbons (Fsp3) is 0.333. The van der Waals surface area contributed by atoms with Gasteiger partial charge in [-0.3, -0.25) is 14.9 Å². The van der Waals surface area contributed by atoms with E-state index in [4.69, 9.17) is 10.2 Å². The molecule has 0 aliphatic rings. The van der Waals surface area contributed by atoms with Crippen LogP contribution in [0.15, 0.2) is 23.3 Å². The number of rotatable bonds is 6. The second-order valence-corrected chi connectivity index (χ2v) is 4.28. The molecule has 0 saturated carbocycles. The van der Waals surface area contributed by atoms with Gasteiger partial charge < -0.3 is 20.1 Å². The van der Waals surface area contributed by atoms with E-state index in [2.05, 4.69) is 9.97 Å². The van der Waals surface area contributed by atoms with Crippen molar-refractivity contribution in [2.75, 3.05) is 31.2 Å². The Bertz CT molecular complexity index is 708. The minimum atomic E-state index is -0.608. The molecule has 112 valence electrons. The first-order valence-corrected chi connectivity index (χ1v) is 6.21. The molecule has 0 bridgehead atoms. The maximum Gasteiger partial charge on any atom is 0.293 e. The summed E-state index contributed by atoms with van der Waals surface area (Å²) in [5.74, 6) is 0. The molecule has 1 aromatic carbocycles. The molecule has 0 atom stereocenters. The van der Waals surface area contributed by atoms with E-state index in [1.165, 1.54) is 17.3 Å². The maximum atomic E-state index is 11.7. The average molecular weight is 294 g/mol. The molecular formula is C12H14N4O5. The number of aliphatic hydroxyl groups excluding tert-OH is 2. The molecule has 0 saturated heterocycles. The van der Waals surface area contributed by atoms with Gasteiger partial charge in [0.05, 0.1) is 35.4 Å². The molecule has 0 spiro atoms. The van der Waals surface area contributed by atoms with Gasteiger partial charge in [-0.15, -0.1) is 0 Å². The molecule has 9 nitrogen and oxygen atoms in total. The first-order valence-electron chi connectivity index (χ1n) is 6.21. The molecular weight excluding hydrogens is 280 g/mol. The second kappa shape index (κ2) is 6.29. The monoisotopic (exact) mass is 294 g/mol. The molecule has 0 aliphatic carbocycles. The molecule has 1 heterocycles. The van der Waals surface area contributed by atoms with Crippen molar-refractivity contribution in [1.82, 2.24) is 9.97 Å². The van der Waals surface area contributed by atoms with Crippen LogP contribution in [0.1, 0.15) is 0 Å². The molecule has 0 aliphatic heterocycles. The van der Waals surface area contributed by atoms with Crippen LogP contribution in [0.5, 0.6) is 0 Å². The van der Waals surface area contributed by atoms with Crippen molar-refractivity contribution >= 4 is 22.3 Å². The lowest BCUT2D eigenvalue weighted by Gasteiger charge is -2.22. The highest BCUT2D eigenvalue weighted by molar-refractivity contribution is 5.87. The normalized spacial score (nSPS) is 10.8. The quantitative estimate of drug-likeness (QED) is 0.488. The summed E-state index contributed by atoms with van der Waals surface area (Å²) in [5, 5.41) is 29.4. The molecule has 21 heavy (non-hydrogen) atoms. The number of benzene rings is 1. The number of aliphatic hydroxyl groups is 2. The fourth-order valence-corrected chi connectivity index (χ4v) is 2.09. The zero-order chi connectivity index (χ0) is 15.4. The third-order valence-electron chi connectivity index (χ3n) is 3.01. The number of aromatic nitrogens is 2. The predicted octanol–water partition coefficient (Wildman–Crippen LogP) is -0.378. The van der Waals surface area contributed by atoms with Gasteiger partial charge in [0.25, 0.3) is 11.2 Å². The van der Waals surface area contributed by atoms with Crippen LogP contribution in [0.3, 0.4) is 0 Å². The zero-order valence-electron chi connectivity index (χ0n) is 11.0. The Kier molecular flexibility index (Phi) is 4.45. The largest absolute Gasteiger partial charge is 0.395 e. The Hall–Kier alpha value is -2.52. The first kappa shape index (κ1) is 14.9. The number of hydrogen-bond acceptors (Lipinski definition) is 7. The SMILES string of the molecule is O=c1[nH]cnc2cc(N(CCO)CCO)c([N+](=O)[O-])cc12. The van der Waals surface area contributed by atoms with Crippen molar-refractivity contribution < 1.29 is 15.1 Å². The van der Waals surface area contributed by atoms with Crippen LogP contribution < -0.4 is 10.5 Å². The number of nitrogens with zero attached hydrogens (tertiary/aromatic N) is 3. The molecule has 2 rings (SSSR count). The van der Waals surface area contributed by atoms with Gasteiger partial charge in [-0.05, 0) is 6.07 Å². The summed E-state index contributed by atoms with van der Waals surface area (Å²) in [6.07, 6.45) is 1.21. The van der Waals surface area contributed by atoms with Gasteiger partial charge in [0, 0.05) is 19.2 Å². The lowest BCUT2D eigenvalue weighted by atomic mass is 10.1. The summed E-state index contributed by atoms with van der Waals surface area (Å²) in [5.41, 5.74) is -0.234. The molecule has 0 unspecified atom stereocenters. The molecule has 3 N–H and O–H groups in total. The molecule has 2 aromatic rings. The molecule has 1 aromatic heterocycles. The Labute approximate surface area is 118 Å². The van der Waals surface area contributed by atoms with Crippen LogP contribution in [0.2, 0.25) is 0 Å². The summed E-state index contributed by atoms with van der Waals surface area (Å²) in [7, 11) is 0. The van der Waals surface area contributed by atoms with Gasteiger partial charge in [0.2, 0.25) is 0 Å². The maximum absolute atomic E-state index is 11.7. The van der Waals surface area contributed by atoms with Crippen molar-refractivity contribution in [3.8, 4) is 0 Å². The highest BCUT2D eigenvalue weighted by atomic mass is 16.6. The van der Waals surface area contributed by atoms with Crippen LogP contribution in [0.4, 0.5) is 11.4 Å². The van der Waals surface area contributed by atoms with Gasteiger partial charge in [0.1, 0.15) is 5.69 Å². The highest BCUT2D eigenvalue weighted by Crippen LogP contribution is 2.31. The van der Waals surface area contributed by atoms with Gasteiger partial charge in [-0.2, -0.15) is 0 Å². The van der Waals surface area contributed by atoms with E-state index >= 15 is 0 Å². The second-order valence-electron chi connectivity index (χ2n) is 4.28. The van der Waals surface area contributed by atoms with Gasteiger partial charge in [-0.1, -0.05) is 0 Å². The first-order chi connectivity index (χ1) is 10.1. The van der Waals surface area contributed by atoms with Gasteiger partial charge in [0.15, 0.2) is 0 Å². The summed E-state index contributed by atoms with van der Waals surface area (Å²) in [6, 6.07) is 2.56. The Morgan fingerprint density at radius 2 is 1.95 bits per heavy atom. The lowest BCUT2D eigenvalue weighted by molar-refractivity contribution is -0.384. The van der Waals surface area contributed by atoms with Gasteiger partial charge >= 0.3 is 0 Å². The van der Waals surface area contributed by atoms with Crippen molar-refractivity contribution in [2.45, 2.75) is 0 Å². The van der Waals surface area contributed by atoms with Crippen molar-refractivity contribution in [1.29, 1.82) is 0 Å². The van der Waals surface area contributed by atoms with Crippen LogP contribution in [0, 0.1) is 10.1 Å². The minimum absolute atomic E-state index is 0.112. The van der Waals surface area contributed by atoms with Crippen LogP contribution in [-0.2, 0) is 0 Å². The number of aromatic amines is 1. The summed E-state index contributed by atoms with van der Waals surface area (Å²) >= 11 is 0. The number of nitro groups is 1. The summed E-state index contributed by atoms with van der Waals surface area (Å²) in [4.78, 5) is 30.1. The lowest BCUT2D eigenvalue weighted by Crippen LogP contribution is -2.30. The van der Waals surface area contributed by atoms with E-state index in [0.717, 1.165) is 6.07 Å². The molecule has 0 amide bonds.